The Morgan fingerprint density at radius 2 is 1.76 bits per heavy atom. The van der Waals surface area contributed by atoms with Crippen LogP contribution >= 0.6 is 23.4 Å². The second-order valence-electron chi connectivity index (χ2n) is 8.27. The van der Waals surface area contributed by atoms with Crippen molar-refractivity contribution in [3.63, 3.8) is 0 Å². The van der Waals surface area contributed by atoms with Gasteiger partial charge in [0.25, 0.3) is 0 Å². The molecule has 1 aromatic heterocycles. The number of Topliss-reactive ketones (excluding diaryl/α,β-unsaturated/α-hetero) is 1. The topological polar surface area (TPSA) is 57.0 Å². The van der Waals surface area contributed by atoms with Gasteiger partial charge >= 0.3 is 0 Å². The highest BCUT2D eigenvalue weighted by molar-refractivity contribution is 7.99. The second-order valence-corrected chi connectivity index (χ2v) is 9.65. The zero-order valence-corrected chi connectivity index (χ0v) is 20.9. The number of ether oxygens (including phenoxy) is 1. The molecule has 0 bridgehead atoms. The van der Waals surface area contributed by atoms with E-state index in [0.29, 0.717) is 27.5 Å². The summed E-state index contributed by atoms with van der Waals surface area (Å²) in [6.07, 6.45) is 0. The Morgan fingerprint density at radius 1 is 1.03 bits per heavy atom. The first-order valence-electron chi connectivity index (χ1n) is 11.1. The summed E-state index contributed by atoms with van der Waals surface area (Å²) >= 11 is 7.46. The van der Waals surface area contributed by atoms with Gasteiger partial charge < -0.3 is 4.74 Å². The maximum absolute atomic E-state index is 12.6. The summed E-state index contributed by atoms with van der Waals surface area (Å²) in [5.41, 5.74) is 3.81. The van der Waals surface area contributed by atoms with Crippen molar-refractivity contribution in [3.05, 3.63) is 100 Å². The van der Waals surface area contributed by atoms with E-state index in [4.69, 9.17) is 16.3 Å². The molecule has 3 aromatic carbocycles. The van der Waals surface area contributed by atoms with E-state index in [1.807, 2.05) is 72.2 Å². The first-order valence-corrected chi connectivity index (χ1v) is 12.4. The van der Waals surface area contributed by atoms with Crippen molar-refractivity contribution in [2.75, 3.05) is 5.75 Å². The minimum Gasteiger partial charge on any atom is -0.485 e. The van der Waals surface area contributed by atoms with Crippen LogP contribution in [0.3, 0.4) is 0 Å². The molecule has 174 valence electrons. The molecule has 0 N–H and O–H groups in total. The van der Waals surface area contributed by atoms with Gasteiger partial charge in [0, 0.05) is 16.3 Å². The van der Waals surface area contributed by atoms with Gasteiger partial charge in [0.1, 0.15) is 12.4 Å². The molecule has 5 nitrogen and oxygen atoms in total. The van der Waals surface area contributed by atoms with Crippen molar-refractivity contribution in [1.82, 2.24) is 14.8 Å². The molecule has 0 aliphatic carbocycles. The number of carbonyl (C=O) groups is 1. The Bertz CT molecular complexity index is 1270. The second kappa shape index (κ2) is 10.9. The SMILES string of the molecule is Cc1ccc(C(C)C)c(OCc2nnc(SCC(=O)c3ccccc3)n2-c2ccc(Cl)cc2)c1. The van der Waals surface area contributed by atoms with Crippen LogP contribution in [0.2, 0.25) is 5.02 Å². The van der Waals surface area contributed by atoms with Crippen molar-refractivity contribution in [2.24, 2.45) is 0 Å². The highest BCUT2D eigenvalue weighted by Crippen LogP contribution is 2.29. The van der Waals surface area contributed by atoms with Crippen molar-refractivity contribution in [1.29, 1.82) is 0 Å². The molecule has 0 aliphatic rings. The maximum atomic E-state index is 12.6. The number of benzene rings is 3. The molecular weight excluding hydrogens is 466 g/mol. The van der Waals surface area contributed by atoms with E-state index in [0.717, 1.165) is 22.6 Å². The van der Waals surface area contributed by atoms with Gasteiger partial charge in [0.05, 0.1) is 5.75 Å². The molecule has 0 amide bonds. The van der Waals surface area contributed by atoms with Crippen LogP contribution in [0.4, 0.5) is 0 Å². The highest BCUT2D eigenvalue weighted by atomic mass is 35.5. The van der Waals surface area contributed by atoms with Crippen LogP contribution in [-0.4, -0.2) is 26.3 Å². The predicted molar refractivity (Wildman–Crippen MR) is 137 cm³/mol. The summed E-state index contributed by atoms with van der Waals surface area (Å²) in [7, 11) is 0. The van der Waals surface area contributed by atoms with Crippen LogP contribution in [0.15, 0.2) is 78.0 Å². The molecule has 0 atom stereocenters. The van der Waals surface area contributed by atoms with Gasteiger partial charge in [-0.1, -0.05) is 79.7 Å². The molecule has 0 saturated carbocycles. The normalized spacial score (nSPS) is 11.1. The van der Waals surface area contributed by atoms with Gasteiger partial charge in [0.2, 0.25) is 0 Å². The lowest BCUT2D eigenvalue weighted by Gasteiger charge is -2.15. The van der Waals surface area contributed by atoms with Gasteiger partial charge in [0.15, 0.2) is 16.8 Å². The van der Waals surface area contributed by atoms with Gasteiger partial charge in [-0.05, 0) is 54.3 Å². The first kappa shape index (κ1) is 24.0. The van der Waals surface area contributed by atoms with Crippen LogP contribution in [-0.2, 0) is 6.61 Å². The number of rotatable bonds is 9. The van der Waals surface area contributed by atoms with Crippen LogP contribution in [0.1, 0.15) is 47.1 Å². The fourth-order valence-electron chi connectivity index (χ4n) is 3.56. The molecule has 4 rings (SSSR count). The molecule has 0 fully saturated rings. The summed E-state index contributed by atoms with van der Waals surface area (Å²) in [6, 6.07) is 23.0. The van der Waals surface area contributed by atoms with Gasteiger partial charge in [-0.3, -0.25) is 9.36 Å². The van der Waals surface area contributed by atoms with Crippen LogP contribution in [0, 0.1) is 6.92 Å². The monoisotopic (exact) mass is 491 g/mol. The molecule has 0 unspecified atom stereocenters. The van der Waals surface area contributed by atoms with Crippen molar-refractivity contribution >= 4 is 29.1 Å². The zero-order valence-electron chi connectivity index (χ0n) is 19.4. The molecule has 0 spiro atoms. The summed E-state index contributed by atoms with van der Waals surface area (Å²) < 4.78 is 8.15. The Morgan fingerprint density at radius 3 is 2.47 bits per heavy atom. The number of hydrogen-bond acceptors (Lipinski definition) is 5. The van der Waals surface area contributed by atoms with Gasteiger partial charge in [-0.25, -0.2) is 0 Å². The summed E-state index contributed by atoms with van der Waals surface area (Å²) in [6.45, 7) is 6.58. The first-order chi connectivity index (χ1) is 16.4. The largest absolute Gasteiger partial charge is 0.485 e. The lowest BCUT2D eigenvalue weighted by molar-refractivity contribution is 0.102. The molecule has 34 heavy (non-hydrogen) atoms. The minimum atomic E-state index is 0.0374. The molecule has 1 heterocycles. The predicted octanol–water partition coefficient (Wildman–Crippen LogP) is 6.91. The van der Waals surface area contributed by atoms with Crippen LogP contribution in [0.5, 0.6) is 5.75 Å². The average molecular weight is 492 g/mol. The number of aryl methyl sites for hydroxylation is 1. The van der Waals surface area contributed by atoms with E-state index < -0.39 is 0 Å². The number of halogens is 1. The molecule has 0 aliphatic heterocycles. The van der Waals surface area contributed by atoms with E-state index in [9.17, 15) is 4.79 Å². The maximum Gasteiger partial charge on any atom is 0.196 e. The minimum absolute atomic E-state index is 0.0374. The van der Waals surface area contributed by atoms with Crippen LogP contribution < -0.4 is 4.74 Å². The van der Waals surface area contributed by atoms with E-state index in [1.165, 1.54) is 11.8 Å². The summed E-state index contributed by atoms with van der Waals surface area (Å²) in [5.74, 6) is 2.11. The Balaban J connectivity index is 1.60. The Kier molecular flexibility index (Phi) is 7.70. The molecular formula is C27H26ClN3O2S. The van der Waals surface area contributed by atoms with E-state index in [2.05, 4.69) is 36.2 Å². The third-order valence-corrected chi connectivity index (χ3v) is 6.54. The van der Waals surface area contributed by atoms with Gasteiger partial charge in [-0.2, -0.15) is 0 Å². The number of nitrogens with zero attached hydrogens (tertiary/aromatic N) is 3. The van der Waals surface area contributed by atoms with Gasteiger partial charge in [-0.15, -0.1) is 10.2 Å². The fourth-order valence-corrected chi connectivity index (χ4v) is 4.55. The third-order valence-electron chi connectivity index (χ3n) is 5.36. The van der Waals surface area contributed by atoms with E-state index in [-0.39, 0.29) is 18.1 Å². The molecule has 0 saturated heterocycles. The van der Waals surface area contributed by atoms with Crippen molar-refractivity contribution < 1.29 is 9.53 Å². The summed E-state index contributed by atoms with van der Waals surface area (Å²) in [4.78, 5) is 12.6. The fraction of sp³-hybridized carbons (Fsp3) is 0.222. The van der Waals surface area contributed by atoms with Crippen molar-refractivity contribution in [3.8, 4) is 11.4 Å². The molecule has 0 radical (unpaired) electrons. The van der Waals surface area contributed by atoms with E-state index in [1.54, 1.807) is 0 Å². The molecule has 4 aromatic rings. The number of aromatic nitrogens is 3. The van der Waals surface area contributed by atoms with Crippen molar-refractivity contribution in [2.45, 2.75) is 38.5 Å². The third kappa shape index (κ3) is 5.69. The summed E-state index contributed by atoms with van der Waals surface area (Å²) in [5, 5.41) is 10.0. The lowest BCUT2D eigenvalue weighted by Crippen LogP contribution is -2.09. The number of hydrogen-bond donors (Lipinski definition) is 0. The Labute approximate surface area is 209 Å². The molecule has 7 heteroatoms. The lowest BCUT2D eigenvalue weighted by atomic mass is 10.0. The van der Waals surface area contributed by atoms with E-state index >= 15 is 0 Å². The highest BCUT2D eigenvalue weighted by Gasteiger charge is 2.18. The average Bonchev–Trinajstić information content (AvgIpc) is 3.24. The number of ketones is 1. The Hall–Kier alpha value is -3.09. The number of carbonyl (C=O) groups excluding carboxylic acids is 1. The zero-order chi connectivity index (χ0) is 24.1. The van der Waals surface area contributed by atoms with Crippen LogP contribution in [0.25, 0.3) is 5.69 Å². The quantitative estimate of drug-likeness (QED) is 0.188. The number of thioether (sulfide) groups is 1. The smallest absolute Gasteiger partial charge is 0.196 e. The standard InChI is InChI=1S/C27H26ClN3O2S/c1-18(2)23-14-9-19(3)15-25(23)33-16-26-29-30-27(31(26)22-12-10-21(28)11-13-22)34-17-24(32)20-7-5-4-6-8-20/h4-15,18H,16-17H2,1-3H3.